The Morgan fingerprint density at radius 1 is 1.38 bits per heavy atom. The van der Waals surface area contributed by atoms with E-state index in [4.69, 9.17) is 4.99 Å². The third kappa shape index (κ3) is 6.30. The highest BCUT2D eigenvalue weighted by Gasteiger charge is 2.33. The van der Waals surface area contributed by atoms with E-state index < -0.39 is 0 Å². The van der Waals surface area contributed by atoms with Crippen LogP contribution >= 0.6 is 24.0 Å². The zero-order valence-corrected chi connectivity index (χ0v) is 16.4. The molecule has 124 valence electrons. The number of rotatable bonds is 5. The van der Waals surface area contributed by atoms with Crippen LogP contribution in [0.5, 0.6) is 0 Å². The van der Waals surface area contributed by atoms with Gasteiger partial charge in [0, 0.05) is 25.2 Å². The quantitative estimate of drug-likeness (QED) is 0.418. The number of nitrogens with zero attached hydrogens (tertiary/aromatic N) is 2. The molecule has 1 saturated heterocycles. The normalized spacial score (nSPS) is 31.2. The van der Waals surface area contributed by atoms with Gasteiger partial charge in [-0.25, -0.2) is 0 Å². The molecule has 21 heavy (non-hydrogen) atoms. The number of hydrogen-bond donors (Lipinski definition) is 2. The molecule has 0 aromatic rings. The minimum Gasteiger partial charge on any atom is -0.357 e. The first kappa shape index (κ1) is 19.0. The highest BCUT2D eigenvalue weighted by Crippen LogP contribution is 2.28. The Balaban J connectivity index is 0.00000220. The lowest BCUT2D eigenvalue weighted by molar-refractivity contribution is 0.142. The van der Waals surface area contributed by atoms with Crippen LogP contribution in [0.2, 0.25) is 0 Å². The summed E-state index contributed by atoms with van der Waals surface area (Å²) in [6, 6.07) is 1.18. The second-order valence-corrected chi connectivity index (χ2v) is 6.77. The van der Waals surface area contributed by atoms with Gasteiger partial charge in [0.05, 0.1) is 6.54 Å². The molecule has 0 spiro atoms. The van der Waals surface area contributed by atoms with E-state index in [0.29, 0.717) is 12.1 Å². The van der Waals surface area contributed by atoms with Gasteiger partial charge in [0.15, 0.2) is 5.96 Å². The minimum atomic E-state index is 0. The van der Waals surface area contributed by atoms with Crippen molar-refractivity contribution in [1.29, 1.82) is 0 Å². The minimum absolute atomic E-state index is 0. The van der Waals surface area contributed by atoms with Crippen molar-refractivity contribution in [2.24, 2.45) is 16.8 Å². The molecule has 0 amide bonds. The van der Waals surface area contributed by atoms with Crippen LogP contribution in [-0.4, -0.2) is 49.1 Å². The summed E-state index contributed by atoms with van der Waals surface area (Å²) in [5.41, 5.74) is 0. The summed E-state index contributed by atoms with van der Waals surface area (Å²) in [5, 5.41) is 6.89. The highest BCUT2D eigenvalue weighted by atomic mass is 127. The maximum Gasteiger partial charge on any atom is 0.191 e. The zero-order valence-electron chi connectivity index (χ0n) is 14.1. The van der Waals surface area contributed by atoms with E-state index in [1.807, 2.05) is 0 Å². The summed E-state index contributed by atoms with van der Waals surface area (Å²) >= 11 is 0. The van der Waals surface area contributed by atoms with Gasteiger partial charge in [0.1, 0.15) is 0 Å². The van der Waals surface area contributed by atoms with Crippen LogP contribution in [0.15, 0.2) is 4.99 Å². The fourth-order valence-electron chi connectivity index (χ4n) is 2.98. The summed E-state index contributed by atoms with van der Waals surface area (Å²) in [6.07, 6.45) is 4.01. The highest BCUT2D eigenvalue weighted by molar-refractivity contribution is 14.0. The molecule has 2 aliphatic rings. The van der Waals surface area contributed by atoms with Gasteiger partial charge in [-0.3, -0.25) is 9.89 Å². The van der Waals surface area contributed by atoms with Crippen molar-refractivity contribution >= 4 is 29.9 Å². The Hall–Kier alpha value is -0.0400. The molecule has 1 aliphatic carbocycles. The van der Waals surface area contributed by atoms with Crippen molar-refractivity contribution < 1.29 is 0 Å². The smallest absolute Gasteiger partial charge is 0.191 e. The predicted octanol–water partition coefficient (Wildman–Crippen LogP) is 2.69. The SMILES string of the molecule is CCNC(=NCC(C)N1CCCC(C)C1)NC1CC1C.I. The molecule has 0 aromatic carbocycles. The Bertz CT molecular complexity index is 334. The molecule has 2 N–H and O–H groups in total. The second kappa shape index (κ2) is 9.18. The van der Waals surface area contributed by atoms with E-state index in [2.05, 4.69) is 43.2 Å². The van der Waals surface area contributed by atoms with E-state index in [9.17, 15) is 0 Å². The molecular weight excluding hydrogens is 375 g/mol. The standard InChI is InChI=1S/C16H32N4.HI/c1-5-17-16(19-15-9-13(15)3)18-10-14(4)20-8-6-7-12(2)11-20;/h12-15H,5-11H2,1-4H3,(H2,17,18,19);1H. The van der Waals surface area contributed by atoms with Crippen LogP contribution in [0.3, 0.4) is 0 Å². The van der Waals surface area contributed by atoms with E-state index in [1.54, 1.807) is 0 Å². The van der Waals surface area contributed by atoms with Gasteiger partial charge < -0.3 is 10.6 Å². The third-order valence-electron chi connectivity index (χ3n) is 4.60. The van der Waals surface area contributed by atoms with Crippen LogP contribution in [0.1, 0.15) is 47.0 Å². The molecular formula is C16H33IN4. The number of likely N-dealkylation sites (tertiary alicyclic amines) is 1. The summed E-state index contributed by atoms with van der Waals surface area (Å²) in [7, 11) is 0. The molecule has 2 rings (SSSR count). The van der Waals surface area contributed by atoms with Crippen molar-refractivity contribution in [3.05, 3.63) is 0 Å². The molecule has 0 aromatic heterocycles. The Kier molecular flexibility index (Phi) is 8.31. The zero-order chi connectivity index (χ0) is 14.5. The van der Waals surface area contributed by atoms with E-state index >= 15 is 0 Å². The van der Waals surface area contributed by atoms with Crippen LogP contribution in [0.25, 0.3) is 0 Å². The lowest BCUT2D eigenvalue weighted by Crippen LogP contribution is -2.44. The predicted molar refractivity (Wildman–Crippen MR) is 102 cm³/mol. The molecule has 4 unspecified atom stereocenters. The lowest BCUT2D eigenvalue weighted by atomic mass is 9.99. The number of piperidine rings is 1. The summed E-state index contributed by atoms with van der Waals surface area (Å²) in [6.45, 7) is 13.4. The van der Waals surface area contributed by atoms with E-state index in [1.165, 1.54) is 32.4 Å². The molecule has 0 radical (unpaired) electrons. The van der Waals surface area contributed by atoms with Gasteiger partial charge in [0.2, 0.25) is 0 Å². The molecule has 1 aliphatic heterocycles. The number of aliphatic imine (C=N–C) groups is 1. The van der Waals surface area contributed by atoms with Crippen molar-refractivity contribution in [3.63, 3.8) is 0 Å². The first-order valence-corrected chi connectivity index (χ1v) is 8.39. The largest absolute Gasteiger partial charge is 0.357 e. The molecule has 0 bridgehead atoms. The van der Waals surface area contributed by atoms with Gasteiger partial charge in [-0.2, -0.15) is 0 Å². The lowest BCUT2D eigenvalue weighted by Gasteiger charge is -2.35. The van der Waals surface area contributed by atoms with Crippen molar-refractivity contribution in [2.75, 3.05) is 26.2 Å². The number of guanidine groups is 1. The van der Waals surface area contributed by atoms with Crippen molar-refractivity contribution in [1.82, 2.24) is 15.5 Å². The van der Waals surface area contributed by atoms with Crippen molar-refractivity contribution in [2.45, 2.75) is 59.0 Å². The second-order valence-electron chi connectivity index (χ2n) is 6.77. The number of hydrogen-bond acceptors (Lipinski definition) is 2. The average molecular weight is 408 g/mol. The number of halogens is 1. The maximum absolute atomic E-state index is 4.78. The maximum atomic E-state index is 4.78. The Morgan fingerprint density at radius 3 is 2.67 bits per heavy atom. The van der Waals surface area contributed by atoms with Crippen LogP contribution < -0.4 is 10.6 Å². The summed E-state index contributed by atoms with van der Waals surface area (Å²) in [4.78, 5) is 7.38. The third-order valence-corrected chi connectivity index (χ3v) is 4.60. The van der Waals surface area contributed by atoms with Gasteiger partial charge in [0.25, 0.3) is 0 Å². The topological polar surface area (TPSA) is 39.7 Å². The van der Waals surface area contributed by atoms with Gasteiger partial charge in [-0.05, 0) is 51.5 Å². The first-order valence-electron chi connectivity index (χ1n) is 8.39. The molecule has 5 heteroatoms. The van der Waals surface area contributed by atoms with Crippen LogP contribution in [0.4, 0.5) is 0 Å². The molecule has 2 fully saturated rings. The summed E-state index contributed by atoms with van der Waals surface area (Å²) < 4.78 is 0. The monoisotopic (exact) mass is 408 g/mol. The fourth-order valence-corrected chi connectivity index (χ4v) is 2.98. The Morgan fingerprint density at radius 2 is 2.10 bits per heavy atom. The Labute approximate surface area is 147 Å². The van der Waals surface area contributed by atoms with Gasteiger partial charge in [-0.1, -0.05) is 13.8 Å². The number of nitrogens with one attached hydrogen (secondary N) is 2. The molecule has 4 atom stereocenters. The van der Waals surface area contributed by atoms with Gasteiger partial charge >= 0.3 is 0 Å². The van der Waals surface area contributed by atoms with Crippen molar-refractivity contribution in [3.8, 4) is 0 Å². The molecule has 1 heterocycles. The first-order chi connectivity index (χ1) is 9.60. The fraction of sp³-hybridized carbons (Fsp3) is 0.938. The average Bonchev–Trinajstić information content (AvgIpc) is 3.11. The van der Waals surface area contributed by atoms with Crippen LogP contribution in [-0.2, 0) is 0 Å². The summed E-state index contributed by atoms with van der Waals surface area (Å²) in [5.74, 6) is 2.65. The van der Waals surface area contributed by atoms with Crippen LogP contribution in [0, 0.1) is 11.8 Å². The molecule has 1 saturated carbocycles. The molecule has 4 nitrogen and oxygen atoms in total. The van der Waals surface area contributed by atoms with E-state index in [-0.39, 0.29) is 24.0 Å². The van der Waals surface area contributed by atoms with E-state index in [0.717, 1.165) is 30.9 Å². The van der Waals surface area contributed by atoms with Gasteiger partial charge in [-0.15, -0.1) is 24.0 Å².